The molecule has 0 fully saturated rings. The van der Waals surface area contributed by atoms with Crippen LogP contribution in [0.1, 0.15) is 50.3 Å². The average molecular weight is 321 g/mol. The van der Waals surface area contributed by atoms with Gasteiger partial charge in [0.2, 0.25) is 0 Å². The van der Waals surface area contributed by atoms with Gasteiger partial charge in [-0.2, -0.15) is 0 Å². The van der Waals surface area contributed by atoms with Crippen molar-refractivity contribution in [2.75, 3.05) is 0 Å². The predicted molar refractivity (Wildman–Crippen MR) is 109 cm³/mol. The predicted octanol–water partition coefficient (Wildman–Crippen LogP) is 7.39. The van der Waals surface area contributed by atoms with Gasteiger partial charge < -0.3 is 0 Å². The molecule has 3 rings (SSSR count). The smallest absolute Gasteiger partial charge is 0.0187 e. The summed E-state index contributed by atoms with van der Waals surface area (Å²) in [4.78, 5) is 0. The Morgan fingerprint density at radius 2 is 1.38 bits per heavy atom. The van der Waals surface area contributed by atoms with Crippen molar-refractivity contribution in [3.05, 3.63) is 89.5 Å². The molecule has 0 heteroatoms. The van der Waals surface area contributed by atoms with Gasteiger partial charge in [-0.1, -0.05) is 111 Å². The Kier molecular flexibility index (Phi) is 9.53. The van der Waals surface area contributed by atoms with Crippen molar-refractivity contribution >= 4 is 5.57 Å². The Labute approximate surface area is 148 Å². The summed E-state index contributed by atoms with van der Waals surface area (Å²) in [5.41, 5.74) is 5.34. The molecule has 24 heavy (non-hydrogen) atoms. The maximum Gasteiger partial charge on any atom is -0.0187 e. The lowest BCUT2D eigenvalue weighted by atomic mass is 9.94. The maximum atomic E-state index is 2.33. The van der Waals surface area contributed by atoms with E-state index in [-0.39, 0.29) is 0 Å². The van der Waals surface area contributed by atoms with Gasteiger partial charge in [-0.25, -0.2) is 0 Å². The van der Waals surface area contributed by atoms with E-state index in [2.05, 4.69) is 89.2 Å². The van der Waals surface area contributed by atoms with E-state index in [1.807, 2.05) is 18.2 Å². The van der Waals surface area contributed by atoms with Crippen LogP contribution in [0.2, 0.25) is 0 Å². The second-order valence-corrected chi connectivity index (χ2v) is 6.46. The van der Waals surface area contributed by atoms with E-state index in [4.69, 9.17) is 0 Å². The van der Waals surface area contributed by atoms with Crippen molar-refractivity contribution in [3.63, 3.8) is 0 Å². The van der Waals surface area contributed by atoms with Crippen LogP contribution in [-0.4, -0.2) is 0 Å². The van der Waals surface area contributed by atoms with E-state index < -0.39 is 0 Å². The normalized spacial score (nSPS) is 15.4. The molecule has 2 aromatic rings. The molecule has 0 nitrogen and oxygen atoms in total. The van der Waals surface area contributed by atoms with Gasteiger partial charge in [0.25, 0.3) is 0 Å². The third kappa shape index (κ3) is 7.97. The Balaban J connectivity index is 0.000000241. The first-order valence-electron chi connectivity index (χ1n) is 9.03. The van der Waals surface area contributed by atoms with Gasteiger partial charge in [-0.3, -0.25) is 0 Å². The number of allylic oxidation sites excluding steroid dienone is 4. The molecule has 0 N–H and O–H groups in total. The summed E-state index contributed by atoms with van der Waals surface area (Å²) < 4.78 is 0. The molecule has 0 heterocycles. The first-order valence-corrected chi connectivity index (χ1v) is 9.03. The highest BCUT2D eigenvalue weighted by Crippen LogP contribution is 2.23. The number of benzene rings is 2. The zero-order valence-corrected chi connectivity index (χ0v) is 15.9. The lowest BCUT2D eigenvalue weighted by molar-refractivity contribution is 0.739. The summed E-state index contributed by atoms with van der Waals surface area (Å²) in [7, 11) is 0. The van der Waals surface area contributed by atoms with Crippen LogP contribution < -0.4 is 0 Å². The van der Waals surface area contributed by atoms with Crippen molar-refractivity contribution in [2.24, 2.45) is 5.92 Å². The monoisotopic (exact) mass is 320 g/mol. The molecular weight excluding hydrogens is 288 g/mol. The third-order valence-electron chi connectivity index (χ3n) is 3.64. The maximum absolute atomic E-state index is 2.33. The minimum absolute atomic E-state index is 0.698. The molecule has 0 aliphatic heterocycles. The van der Waals surface area contributed by atoms with Gasteiger partial charge in [0, 0.05) is 0 Å². The van der Waals surface area contributed by atoms with E-state index in [0.29, 0.717) is 5.92 Å². The van der Waals surface area contributed by atoms with Gasteiger partial charge in [-0.05, 0) is 37.3 Å². The summed E-state index contributed by atoms with van der Waals surface area (Å²) in [6.45, 7) is 10.7. The summed E-state index contributed by atoms with van der Waals surface area (Å²) in [6, 6.07) is 19.0. The van der Waals surface area contributed by atoms with E-state index >= 15 is 0 Å². The topological polar surface area (TPSA) is 0 Å². The first kappa shape index (κ1) is 20.0. The number of hydrogen-bond donors (Lipinski definition) is 0. The second-order valence-electron chi connectivity index (χ2n) is 6.46. The molecule has 0 spiro atoms. The highest BCUT2D eigenvalue weighted by Gasteiger charge is 2.04. The van der Waals surface area contributed by atoms with Gasteiger partial charge >= 0.3 is 0 Å². The fourth-order valence-electron chi connectivity index (χ4n) is 2.22. The summed E-state index contributed by atoms with van der Waals surface area (Å²) in [5, 5.41) is 0. The Morgan fingerprint density at radius 1 is 0.833 bits per heavy atom. The molecule has 0 aromatic heterocycles. The highest BCUT2D eigenvalue weighted by atomic mass is 14.1. The molecule has 0 saturated carbocycles. The first-order chi connectivity index (χ1) is 11.6. The van der Waals surface area contributed by atoms with Gasteiger partial charge in [0.05, 0.1) is 0 Å². The second kappa shape index (κ2) is 11.5. The standard InChI is InChI=1S/C14H16.C7H8.C3H8/c1-11-3-7-13(8-4-11)14-9-5-12(2)6-10-14;1-7-5-3-2-4-6-7;1-3-2/h3-5,7-10,12H,6H2,1-2H3;2-6H,1H3;3H2,1-2H3. The zero-order valence-electron chi connectivity index (χ0n) is 15.9. The summed E-state index contributed by atoms with van der Waals surface area (Å²) in [6.07, 6.45) is 9.27. The van der Waals surface area contributed by atoms with Crippen molar-refractivity contribution < 1.29 is 0 Å². The van der Waals surface area contributed by atoms with Crippen LogP contribution in [0.3, 0.4) is 0 Å². The fourth-order valence-corrected chi connectivity index (χ4v) is 2.22. The lowest BCUT2D eigenvalue weighted by Gasteiger charge is -2.11. The minimum atomic E-state index is 0.698. The van der Waals surface area contributed by atoms with Crippen LogP contribution in [0.25, 0.3) is 5.57 Å². The van der Waals surface area contributed by atoms with E-state index in [1.54, 1.807) is 0 Å². The van der Waals surface area contributed by atoms with E-state index in [9.17, 15) is 0 Å². The van der Waals surface area contributed by atoms with Gasteiger partial charge in [0.1, 0.15) is 0 Å². The molecular formula is C24H32. The van der Waals surface area contributed by atoms with Crippen LogP contribution in [-0.2, 0) is 0 Å². The van der Waals surface area contributed by atoms with E-state index in [0.717, 1.165) is 0 Å². The Bertz CT molecular complexity index is 615. The molecule has 128 valence electrons. The highest BCUT2D eigenvalue weighted by molar-refractivity contribution is 5.74. The fraction of sp³-hybridized carbons (Fsp3) is 0.333. The summed E-state index contributed by atoms with van der Waals surface area (Å²) in [5.74, 6) is 0.698. The van der Waals surface area contributed by atoms with Crippen LogP contribution in [0.4, 0.5) is 0 Å². The van der Waals surface area contributed by atoms with Crippen LogP contribution >= 0.6 is 0 Å². The van der Waals surface area contributed by atoms with Crippen molar-refractivity contribution in [3.8, 4) is 0 Å². The van der Waals surface area contributed by atoms with Crippen molar-refractivity contribution in [1.29, 1.82) is 0 Å². The largest absolute Gasteiger partial charge is 0.0808 e. The zero-order chi connectivity index (χ0) is 17.8. The molecule has 0 radical (unpaired) electrons. The number of aryl methyl sites for hydroxylation is 2. The molecule has 1 atom stereocenters. The molecule has 1 aliphatic rings. The van der Waals surface area contributed by atoms with Crippen LogP contribution in [0, 0.1) is 19.8 Å². The summed E-state index contributed by atoms with van der Waals surface area (Å²) >= 11 is 0. The van der Waals surface area contributed by atoms with Gasteiger partial charge in [0.15, 0.2) is 0 Å². The average Bonchev–Trinajstić information content (AvgIpc) is 2.58. The molecule has 0 bridgehead atoms. The SMILES string of the molecule is CCC.Cc1ccc(C2=CCC(C)C=C2)cc1.Cc1ccccc1. The molecule has 1 unspecified atom stereocenters. The Hall–Kier alpha value is -2.08. The van der Waals surface area contributed by atoms with Crippen LogP contribution in [0.5, 0.6) is 0 Å². The number of rotatable bonds is 1. The lowest BCUT2D eigenvalue weighted by Crippen LogP contribution is -1.94. The van der Waals surface area contributed by atoms with Gasteiger partial charge in [-0.15, -0.1) is 0 Å². The molecule has 0 amide bonds. The Morgan fingerprint density at radius 3 is 1.79 bits per heavy atom. The molecule has 0 saturated heterocycles. The molecule has 2 aromatic carbocycles. The molecule has 1 aliphatic carbocycles. The quantitative estimate of drug-likeness (QED) is 0.514. The third-order valence-corrected chi connectivity index (χ3v) is 3.64. The van der Waals surface area contributed by atoms with Crippen LogP contribution in [0.15, 0.2) is 72.8 Å². The number of hydrogen-bond acceptors (Lipinski definition) is 0. The minimum Gasteiger partial charge on any atom is -0.0808 e. The van der Waals surface area contributed by atoms with E-state index in [1.165, 1.54) is 35.1 Å². The van der Waals surface area contributed by atoms with Crippen molar-refractivity contribution in [2.45, 2.75) is 47.5 Å². The van der Waals surface area contributed by atoms with Crippen molar-refractivity contribution in [1.82, 2.24) is 0 Å².